The molecule has 2 aromatic heterocycles. The highest BCUT2D eigenvalue weighted by Gasteiger charge is 2.33. The van der Waals surface area contributed by atoms with Crippen LogP contribution in [0.4, 0.5) is 23.7 Å². The van der Waals surface area contributed by atoms with Crippen molar-refractivity contribution in [2.75, 3.05) is 38.3 Å². The van der Waals surface area contributed by atoms with Crippen molar-refractivity contribution in [1.29, 1.82) is 0 Å². The van der Waals surface area contributed by atoms with Crippen LogP contribution in [0.1, 0.15) is 24.5 Å². The number of nitrogens with one attached hydrogen (secondary N) is 1. The Hall–Kier alpha value is -3.66. The van der Waals surface area contributed by atoms with E-state index in [1.54, 1.807) is 31.5 Å². The molecule has 2 heterocycles. The molecule has 1 amide bonds. The molecule has 1 aromatic carbocycles. The zero-order chi connectivity index (χ0) is 30.8. The monoisotopic (exact) mass is 632 g/mol. The lowest BCUT2D eigenvalue weighted by Gasteiger charge is -2.26. The summed E-state index contributed by atoms with van der Waals surface area (Å²) in [6, 6.07) is 8.46. The fourth-order valence-corrected chi connectivity index (χ4v) is 4.41. The number of anilines is 1. The zero-order valence-corrected chi connectivity index (χ0v) is 24.1. The molecule has 0 saturated heterocycles. The van der Waals surface area contributed by atoms with Crippen LogP contribution in [0.15, 0.2) is 55.0 Å². The second kappa shape index (κ2) is 15.0. The summed E-state index contributed by atoms with van der Waals surface area (Å²) in [7, 11) is -3.10. The number of hydrogen-bond acceptors (Lipinski definition) is 9. The first kappa shape index (κ1) is 32.8. The molecule has 0 saturated carbocycles. The second-order valence-electron chi connectivity index (χ2n) is 8.52. The zero-order valence-electron chi connectivity index (χ0n) is 22.6. The minimum Gasteiger partial charge on any atom is -0.489 e. The second-order valence-corrected chi connectivity index (χ2v) is 10.3. The van der Waals surface area contributed by atoms with E-state index in [9.17, 15) is 26.4 Å². The Bertz CT molecular complexity index is 1450. The Morgan fingerprint density at radius 3 is 2.52 bits per heavy atom. The number of pyridine rings is 2. The van der Waals surface area contributed by atoms with Crippen molar-refractivity contribution in [1.82, 2.24) is 14.7 Å². The van der Waals surface area contributed by atoms with E-state index in [1.165, 1.54) is 25.3 Å². The first-order valence-corrected chi connectivity index (χ1v) is 14.3. The number of ether oxygens (including phenoxy) is 3. The number of amides is 1. The summed E-state index contributed by atoms with van der Waals surface area (Å²) in [4.78, 5) is 21.9. The average molecular weight is 633 g/mol. The van der Waals surface area contributed by atoms with Gasteiger partial charge in [0, 0.05) is 38.8 Å². The molecule has 0 spiro atoms. The van der Waals surface area contributed by atoms with Gasteiger partial charge in [-0.15, -0.1) is 0 Å². The highest BCUT2D eigenvalue weighted by atomic mass is 35.5. The summed E-state index contributed by atoms with van der Waals surface area (Å²) in [5, 5.41) is -0.452. The molecule has 11 nitrogen and oxygen atoms in total. The van der Waals surface area contributed by atoms with E-state index >= 15 is 0 Å². The van der Waals surface area contributed by atoms with Gasteiger partial charge in [0.2, 0.25) is 5.88 Å². The summed E-state index contributed by atoms with van der Waals surface area (Å²) in [6.45, 7) is 1.81. The molecule has 0 aliphatic heterocycles. The summed E-state index contributed by atoms with van der Waals surface area (Å²) in [6.07, 6.45) is -1.65. The Morgan fingerprint density at radius 2 is 1.88 bits per heavy atom. The number of carbonyl (C=O) groups is 1. The van der Waals surface area contributed by atoms with Gasteiger partial charge in [0.15, 0.2) is 5.75 Å². The largest absolute Gasteiger partial charge is 0.489 e. The Labute approximate surface area is 245 Å². The van der Waals surface area contributed by atoms with Crippen LogP contribution in [0.2, 0.25) is 5.02 Å². The molecule has 228 valence electrons. The standard InChI is InChI=1S/C26H28ClF3N4O7S/c1-3-12-34(25(35)41-42(36,37)33-11-9-18-6-5-10-31-16-18)23-21(39-14-13-38-2)7-4-8-22(23)40-24-20(27)15-19(17-32-24)26(28,29)30/h4-8,10,15-17,33H,3,9,11-14H2,1-2H3. The number of rotatable bonds is 14. The van der Waals surface area contributed by atoms with Gasteiger partial charge in [-0.25, -0.2) is 9.78 Å². The Morgan fingerprint density at radius 1 is 1.12 bits per heavy atom. The third-order valence-electron chi connectivity index (χ3n) is 5.38. The summed E-state index contributed by atoms with van der Waals surface area (Å²) in [5.41, 5.74) is -0.392. The molecule has 0 fully saturated rings. The van der Waals surface area contributed by atoms with Crippen molar-refractivity contribution < 1.29 is 44.8 Å². The van der Waals surface area contributed by atoms with Crippen LogP contribution >= 0.6 is 11.6 Å². The molecule has 3 aromatic rings. The maximum Gasteiger partial charge on any atom is 0.431 e. The lowest BCUT2D eigenvalue weighted by Crippen LogP contribution is -2.38. The summed E-state index contributed by atoms with van der Waals surface area (Å²) < 4.78 is 88.0. The van der Waals surface area contributed by atoms with Crippen LogP contribution in [-0.2, 0) is 31.8 Å². The van der Waals surface area contributed by atoms with E-state index < -0.39 is 39.0 Å². The lowest BCUT2D eigenvalue weighted by molar-refractivity contribution is -0.137. The number of para-hydroxylation sites is 1. The van der Waals surface area contributed by atoms with E-state index in [0.717, 1.165) is 10.5 Å². The molecule has 0 aliphatic carbocycles. The van der Waals surface area contributed by atoms with Crippen LogP contribution in [0, 0.1) is 0 Å². The van der Waals surface area contributed by atoms with E-state index in [2.05, 4.69) is 14.7 Å². The predicted octanol–water partition coefficient (Wildman–Crippen LogP) is 5.40. The molecule has 0 radical (unpaired) electrons. The molecule has 1 N–H and O–H groups in total. The maximum atomic E-state index is 13.3. The van der Waals surface area contributed by atoms with Gasteiger partial charge in [0.05, 0.1) is 12.2 Å². The number of carbonyl (C=O) groups excluding carboxylic acids is 1. The molecular formula is C26H28ClF3N4O7S. The molecule has 0 bridgehead atoms. The van der Waals surface area contributed by atoms with Crippen molar-refractivity contribution in [3.63, 3.8) is 0 Å². The molecule has 0 aliphatic rings. The van der Waals surface area contributed by atoms with Crippen LogP contribution in [0.5, 0.6) is 17.4 Å². The number of halogens is 4. The summed E-state index contributed by atoms with van der Waals surface area (Å²) in [5.74, 6) is -0.444. The minimum absolute atomic E-state index is 0.0372. The summed E-state index contributed by atoms with van der Waals surface area (Å²) >= 11 is 6.03. The number of hydrogen-bond donors (Lipinski definition) is 1. The minimum atomic E-state index is -4.69. The lowest BCUT2D eigenvalue weighted by atomic mass is 10.2. The van der Waals surface area contributed by atoms with Crippen molar-refractivity contribution in [2.45, 2.75) is 25.9 Å². The average Bonchev–Trinajstić information content (AvgIpc) is 2.93. The van der Waals surface area contributed by atoms with Crippen LogP contribution in [0.3, 0.4) is 0 Å². The van der Waals surface area contributed by atoms with Crippen molar-refractivity contribution >= 4 is 33.7 Å². The van der Waals surface area contributed by atoms with Gasteiger partial charge in [0.1, 0.15) is 23.1 Å². The van der Waals surface area contributed by atoms with Gasteiger partial charge in [-0.05, 0) is 42.7 Å². The normalized spacial score (nSPS) is 11.7. The Kier molecular flexibility index (Phi) is 11.7. The maximum absolute atomic E-state index is 13.3. The molecule has 42 heavy (non-hydrogen) atoms. The van der Waals surface area contributed by atoms with Gasteiger partial charge in [-0.2, -0.15) is 26.3 Å². The van der Waals surface area contributed by atoms with Gasteiger partial charge < -0.3 is 18.4 Å². The fraction of sp³-hybridized carbons (Fsp3) is 0.346. The number of benzene rings is 1. The highest BCUT2D eigenvalue weighted by Crippen LogP contribution is 2.42. The van der Waals surface area contributed by atoms with E-state index in [4.69, 9.17) is 30.0 Å². The van der Waals surface area contributed by atoms with E-state index in [0.29, 0.717) is 25.1 Å². The first-order valence-electron chi connectivity index (χ1n) is 12.5. The van der Waals surface area contributed by atoms with Crippen molar-refractivity contribution in [3.8, 4) is 17.4 Å². The van der Waals surface area contributed by atoms with Gasteiger partial charge in [0.25, 0.3) is 0 Å². The molecule has 0 unspecified atom stereocenters. The molecule has 0 atom stereocenters. The van der Waals surface area contributed by atoms with Gasteiger partial charge >= 0.3 is 22.6 Å². The van der Waals surface area contributed by atoms with Crippen molar-refractivity contribution in [3.05, 3.63) is 71.1 Å². The third-order valence-corrected chi connectivity index (χ3v) is 6.57. The molecule has 3 rings (SSSR count). The van der Waals surface area contributed by atoms with Gasteiger partial charge in [-0.1, -0.05) is 30.7 Å². The number of nitrogens with zero attached hydrogens (tertiary/aromatic N) is 3. The third kappa shape index (κ3) is 9.44. The van der Waals surface area contributed by atoms with Crippen LogP contribution in [-0.4, -0.2) is 57.9 Å². The van der Waals surface area contributed by atoms with Crippen molar-refractivity contribution in [2.24, 2.45) is 0 Å². The van der Waals surface area contributed by atoms with Gasteiger partial charge in [-0.3, -0.25) is 9.88 Å². The first-order chi connectivity index (χ1) is 19.9. The number of aromatic nitrogens is 2. The smallest absolute Gasteiger partial charge is 0.431 e. The predicted molar refractivity (Wildman–Crippen MR) is 147 cm³/mol. The topological polar surface area (TPSA) is 129 Å². The van der Waals surface area contributed by atoms with Crippen LogP contribution in [0.25, 0.3) is 0 Å². The van der Waals surface area contributed by atoms with E-state index in [-0.39, 0.29) is 43.5 Å². The number of alkyl halides is 3. The van der Waals surface area contributed by atoms with Crippen LogP contribution < -0.4 is 19.1 Å². The Balaban J connectivity index is 1.91. The quantitative estimate of drug-likeness (QED) is 0.232. The fourth-order valence-electron chi connectivity index (χ4n) is 3.51. The number of methoxy groups -OCH3 is 1. The molecule has 16 heteroatoms. The molecular weight excluding hydrogens is 605 g/mol. The highest BCUT2D eigenvalue weighted by molar-refractivity contribution is 7.85. The van der Waals surface area contributed by atoms with E-state index in [1.807, 2.05) is 0 Å². The SMILES string of the molecule is CCCN(C(=O)OS(=O)(=O)NCCc1cccnc1)c1c(OCCOC)cccc1Oc1ncc(C(F)(F)F)cc1Cl.